The number of amides is 1. The Morgan fingerprint density at radius 3 is 2.38 bits per heavy atom. The molecule has 0 spiro atoms. The Balaban J connectivity index is 2.08. The summed E-state index contributed by atoms with van der Waals surface area (Å²) >= 11 is 6.47. The van der Waals surface area contributed by atoms with E-state index in [1.165, 1.54) is 0 Å². The molecule has 1 heterocycles. The molecule has 0 aliphatic heterocycles. The summed E-state index contributed by atoms with van der Waals surface area (Å²) in [6.45, 7) is 9.62. The molecule has 0 fully saturated rings. The van der Waals surface area contributed by atoms with Crippen molar-refractivity contribution in [2.45, 2.75) is 46.8 Å². The predicted octanol–water partition coefficient (Wildman–Crippen LogP) is 6.97. The van der Waals surface area contributed by atoms with Gasteiger partial charge < -0.3 is 9.47 Å². The van der Waals surface area contributed by atoms with E-state index in [1.807, 2.05) is 77.1 Å². The first-order valence-corrected chi connectivity index (χ1v) is 10.8. The Bertz CT molecular complexity index is 1110. The van der Waals surface area contributed by atoms with Gasteiger partial charge in [-0.3, -0.25) is 9.88 Å². The molecule has 0 saturated heterocycles. The number of hydrogen-bond donors (Lipinski definition) is 0. The predicted molar refractivity (Wildman–Crippen MR) is 130 cm³/mol. The van der Waals surface area contributed by atoms with Crippen LogP contribution >= 0.6 is 11.6 Å². The average Bonchev–Trinajstić information content (AvgIpc) is 2.72. The Kier molecular flexibility index (Phi) is 7.09. The highest BCUT2D eigenvalue weighted by Crippen LogP contribution is 2.32. The van der Waals surface area contributed by atoms with E-state index in [1.54, 1.807) is 24.3 Å². The van der Waals surface area contributed by atoms with Crippen molar-refractivity contribution in [1.82, 2.24) is 4.98 Å². The third kappa shape index (κ3) is 5.60. The van der Waals surface area contributed by atoms with Crippen LogP contribution in [0.1, 0.15) is 37.6 Å². The van der Waals surface area contributed by atoms with Crippen molar-refractivity contribution in [3.05, 3.63) is 76.6 Å². The van der Waals surface area contributed by atoms with Gasteiger partial charge in [-0.1, -0.05) is 41.9 Å². The summed E-state index contributed by atoms with van der Waals surface area (Å²) in [4.78, 5) is 19.4. The quantitative estimate of drug-likeness (QED) is 0.419. The fourth-order valence-corrected chi connectivity index (χ4v) is 3.72. The lowest BCUT2D eigenvalue weighted by Crippen LogP contribution is -2.37. The van der Waals surface area contributed by atoms with Crippen LogP contribution in [0.4, 0.5) is 10.5 Å². The Labute approximate surface area is 195 Å². The van der Waals surface area contributed by atoms with Crippen molar-refractivity contribution < 1.29 is 14.3 Å². The maximum absolute atomic E-state index is 13.3. The van der Waals surface area contributed by atoms with Crippen LogP contribution in [-0.4, -0.2) is 23.8 Å². The zero-order valence-electron chi connectivity index (χ0n) is 19.4. The third-order valence-corrected chi connectivity index (χ3v) is 5.19. The third-order valence-electron chi connectivity index (χ3n) is 4.97. The van der Waals surface area contributed by atoms with Gasteiger partial charge in [-0.15, -0.1) is 0 Å². The molecular weight excluding hydrogens is 424 g/mol. The van der Waals surface area contributed by atoms with E-state index in [0.29, 0.717) is 10.7 Å². The first-order chi connectivity index (χ1) is 15.1. The second-order valence-electron chi connectivity index (χ2n) is 8.68. The number of aryl methyl sites for hydroxylation is 1. The van der Waals surface area contributed by atoms with Crippen LogP contribution in [0.15, 0.2) is 54.7 Å². The summed E-state index contributed by atoms with van der Waals surface area (Å²) in [6, 6.07) is 15.5. The molecule has 6 heteroatoms. The molecule has 3 aromatic rings. The number of anilines is 1. The van der Waals surface area contributed by atoms with E-state index in [-0.39, 0.29) is 6.54 Å². The summed E-state index contributed by atoms with van der Waals surface area (Å²) in [7, 11) is 1.63. The zero-order valence-corrected chi connectivity index (χ0v) is 20.2. The van der Waals surface area contributed by atoms with Gasteiger partial charge in [0.15, 0.2) is 0 Å². The Morgan fingerprint density at radius 1 is 1.06 bits per heavy atom. The number of halogens is 1. The molecule has 3 rings (SSSR count). The summed E-state index contributed by atoms with van der Waals surface area (Å²) < 4.78 is 11.3. The number of methoxy groups -OCH3 is 1. The number of hydrogen-bond acceptors (Lipinski definition) is 4. The summed E-state index contributed by atoms with van der Waals surface area (Å²) in [5.41, 5.74) is 4.44. The molecule has 0 atom stereocenters. The molecule has 0 saturated carbocycles. The fourth-order valence-electron chi connectivity index (χ4n) is 3.49. The standard InChI is InChI=1S/C26H29ClN2O3/c1-17-15-28-23(18(2)24(17)31-6)16-29(25(30)32-26(3,4)5)22-13-20(12-21(27)14-22)19-10-8-7-9-11-19/h7-15H,16H2,1-6H3. The Morgan fingerprint density at radius 2 is 1.75 bits per heavy atom. The number of ether oxygens (including phenoxy) is 2. The molecule has 5 nitrogen and oxygen atoms in total. The van der Waals surface area contributed by atoms with Gasteiger partial charge in [0.1, 0.15) is 11.4 Å². The van der Waals surface area contributed by atoms with Crippen molar-refractivity contribution in [2.24, 2.45) is 0 Å². The number of nitrogens with zero attached hydrogens (tertiary/aromatic N) is 2. The number of aromatic nitrogens is 1. The largest absolute Gasteiger partial charge is 0.496 e. The average molecular weight is 453 g/mol. The first-order valence-electron chi connectivity index (χ1n) is 10.4. The van der Waals surface area contributed by atoms with Gasteiger partial charge in [-0.25, -0.2) is 4.79 Å². The summed E-state index contributed by atoms with van der Waals surface area (Å²) in [5, 5.41) is 0.529. The minimum Gasteiger partial charge on any atom is -0.496 e. The molecule has 2 aromatic carbocycles. The van der Waals surface area contributed by atoms with Crippen LogP contribution in [0, 0.1) is 13.8 Å². The smallest absolute Gasteiger partial charge is 0.415 e. The molecule has 0 unspecified atom stereocenters. The molecule has 0 bridgehead atoms. The van der Waals surface area contributed by atoms with Crippen molar-refractivity contribution in [1.29, 1.82) is 0 Å². The van der Waals surface area contributed by atoms with Crippen molar-refractivity contribution in [3.63, 3.8) is 0 Å². The van der Waals surface area contributed by atoms with Gasteiger partial charge in [0, 0.05) is 28.0 Å². The number of rotatable bonds is 5. The van der Waals surface area contributed by atoms with Crippen LogP contribution < -0.4 is 9.64 Å². The van der Waals surface area contributed by atoms with Gasteiger partial charge in [0.25, 0.3) is 0 Å². The molecule has 168 valence electrons. The van der Waals surface area contributed by atoms with Crippen LogP contribution in [0.2, 0.25) is 5.02 Å². The van der Waals surface area contributed by atoms with E-state index in [9.17, 15) is 4.79 Å². The summed E-state index contributed by atoms with van der Waals surface area (Å²) in [5.74, 6) is 0.759. The number of carbonyl (C=O) groups is 1. The lowest BCUT2D eigenvalue weighted by atomic mass is 10.0. The van der Waals surface area contributed by atoms with Crippen molar-refractivity contribution >= 4 is 23.4 Å². The number of pyridine rings is 1. The van der Waals surface area contributed by atoms with E-state index in [4.69, 9.17) is 21.1 Å². The molecule has 0 aliphatic carbocycles. The van der Waals surface area contributed by atoms with Gasteiger partial charge in [-0.2, -0.15) is 0 Å². The van der Waals surface area contributed by atoms with Crippen LogP contribution in [0.3, 0.4) is 0 Å². The molecule has 0 N–H and O–H groups in total. The maximum Gasteiger partial charge on any atom is 0.415 e. The van der Waals surface area contributed by atoms with Crippen LogP contribution in [0.5, 0.6) is 5.75 Å². The topological polar surface area (TPSA) is 51.7 Å². The molecule has 1 aromatic heterocycles. The number of benzene rings is 2. The van der Waals surface area contributed by atoms with Crippen LogP contribution in [-0.2, 0) is 11.3 Å². The van der Waals surface area contributed by atoms with E-state index >= 15 is 0 Å². The maximum atomic E-state index is 13.3. The van der Waals surface area contributed by atoms with Gasteiger partial charge >= 0.3 is 6.09 Å². The highest BCUT2D eigenvalue weighted by Gasteiger charge is 2.26. The lowest BCUT2D eigenvalue weighted by Gasteiger charge is -2.28. The fraction of sp³-hybridized carbons (Fsp3) is 0.308. The summed E-state index contributed by atoms with van der Waals surface area (Å²) in [6.07, 6.45) is 1.28. The number of carbonyl (C=O) groups excluding carboxylic acids is 1. The van der Waals surface area contributed by atoms with Crippen molar-refractivity contribution in [2.75, 3.05) is 12.0 Å². The van der Waals surface area contributed by atoms with Gasteiger partial charge in [0.2, 0.25) is 0 Å². The van der Waals surface area contributed by atoms with Crippen molar-refractivity contribution in [3.8, 4) is 16.9 Å². The minimum absolute atomic E-state index is 0.214. The van der Waals surface area contributed by atoms with E-state index in [2.05, 4.69) is 4.98 Å². The second-order valence-corrected chi connectivity index (χ2v) is 9.11. The molecular formula is C26H29ClN2O3. The van der Waals surface area contributed by atoms with E-state index in [0.717, 1.165) is 33.7 Å². The first kappa shape index (κ1) is 23.6. The monoisotopic (exact) mass is 452 g/mol. The molecule has 0 aliphatic rings. The molecule has 0 radical (unpaired) electrons. The molecule has 32 heavy (non-hydrogen) atoms. The highest BCUT2D eigenvalue weighted by molar-refractivity contribution is 6.31. The SMILES string of the molecule is COc1c(C)cnc(CN(C(=O)OC(C)(C)C)c2cc(Cl)cc(-c3ccccc3)c2)c1C. The molecule has 1 amide bonds. The minimum atomic E-state index is -0.649. The lowest BCUT2D eigenvalue weighted by molar-refractivity contribution is 0.0577. The Hall–Kier alpha value is -3.05. The highest BCUT2D eigenvalue weighted by atomic mass is 35.5. The zero-order chi connectivity index (χ0) is 23.5. The van der Waals surface area contributed by atoms with E-state index < -0.39 is 11.7 Å². The second kappa shape index (κ2) is 9.61. The van der Waals surface area contributed by atoms with Gasteiger partial charge in [0.05, 0.1) is 19.3 Å². The normalized spacial score (nSPS) is 11.2. The van der Waals surface area contributed by atoms with Gasteiger partial charge in [-0.05, 0) is 63.9 Å². The van der Waals surface area contributed by atoms with Crippen LogP contribution in [0.25, 0.3) is 11.1 Å².